The quantitative estimate of drug-likeness (QED) is 0.911. The molecule has 0 bridgehead atoms. The van der Waals surface area contributed by atoms with E-state index in [-0.39, 0.29) is 5.56 Å². The molecule has 24 heavy (non-hydrogen) atoms. The lowest BCUT2D eigenvalue weighted by Gasteiger charge is -2.27. The number of aromatic amines is 1. The summed E-state index contributed by atoms with van der Waals surface area (Å²) >= 11 is 0. The Morgan fingerprint density at radius 3 is 2.75 bits per heavy atom. The van der Waals surface area contributed by atoms with Crippen molar-refractivity contribution in [3.8, 4) is 11.4 Å². The fraction of sp³-hybridized carbons (Fsp3) is 0.500. The lowest BCUT2D eigenvalue weighted by Crippen LogP contribution is -2.36. The molecule has 3 heterocycles. The Hall–Kier alpha value is -2.21. The number of aryl methyl sites for hydroxylation is 1. The molecule has 0 aromatic carbocycles. The Morgan fingerprint density at radius 2 is 2.08 bits per heavy atom. The number of rotatable bonds is 5. The molecule has 3 rings (SSSR count). The average Bonchev–Trinajstić information content (AvgIpc) is 2.60. The molecule has 0 unspecified atom stereocenters. The minimum absolute atomic E-state index is 0.115. The highest BCUT2D eigenvalue weighted by Gasteiger charge is 2.13. The highest BCUT2D eigenvalue weighted by molar-refractivity contribution is 5.56. The van der Waals surface area contributed by atoms with Crippen molar-refractivity contribution >= 4 is 5.82 Å². The third-order valence-electron chi connectivity index (χ3n) is 4.13. The number of aromatic nitrogens is 3. The molecule has 0 saturated carbocycles. The highest BCUT2D eigenvalue weighted by atomic mass is 16.5. The van der Waals surface area contributed by atoms with E-state index in [2.05, 4.69) is 33.7 Å². The van der Waals surface area contributed by atoms with Gasteiger partial charge in [0.1, 0.15) is 11.6 Å². The smallest absolute Gasteiger partial charge is 0.251 e. The van der Waals surface area contributed by atoms with Crippen LogP contribution in [-0.4, -0.2) is 41.3 Å². The van der Waals surface area contributed by atoms with E-state index < -0.39 is 0 Å². The summed E-state index contributed by atoms with van der Waals surface area (Å²) in [7, 11) is 0. The van der Waals surface area contributed by atoms with Crippen molar-refractivity contribution in [1.29, 1.82) is 0 Å². The molecule has 0 amide bonds. The standard InChI is InChI=1S/C18H24N4O2/c1-13(2)3-5-15-11-17(23)21-18(20-15)14-4-6-16(19-12-14)22-7-9-24-10-8-22/h4,6,11-13H,3,5,7-10H2,1-2H3,(H,20,21,23). The lowest BCUT2D eigenvalue weighted by atomic mass is 10.1. The summed E-state index contributed by atoms with van der Waals surface area (Å²) in [5, 5.41) is 0. The van der Waals surface area contributed by atoms with Crippen LogP contribution in [0.5, 0.6) is 0 Å². The van der Waals surface area contributed by atoms with Gasteiger partial charge in [-0.25, -0.2) is 9.97 Å². The first-order valence-electron chi connectivity index (χ1n) is 8.51. The summed E-state index contributed by atoms with van der Waals surface area (Å²) in [6.07, 6.45) is 3.60. The predicted octanol–water partition coefficient (Wildman–Crippen LogP) is 2.26. The van der Waals surface area contributed by atoms with Crippen LogP contribution in [0.2, 0.25) is 0 Å². The predicted molar refractivity (Wildman–Crippen MR) is 94.3 cm³/mol. The van der Waals surface area contributed by atoms with Gasteiger partial charge in [-0.3, -0.25) is 4.79 Å². The van der Waals surface area contributed by atoms with Crippen molar-refractivity contribution in [2.45, 2.75) is 26.7 Å². The van der Waals surface area contributed by atoms with Gasteiger partial charge >= 0.3 is 0 Å². The van der Waals surface area contributed by atoms with E-state index in [9.17, 15) is 4.79 Å². The molecule has 1 aliphatic heterocycles. The van der Waals surface area contributed by atoms with Crippen molar-refractivity contribution in [3.63, 3.8) is 0 Å². The lowest BCUT2D eigenvalue weighted by molar-refractivity contribution is 0.122. The maximum Gasteiger partial charge on any atom is 0.251 e. The fourth-order valence-electron chi connectivity index (χ4n) is 2.71. The SMILES string of the molecule is CC(C)CCc1cc(=O)[nH]c(-c2ccc(N3CCOCC3)nc2)n1. The van der Waals surface area contributed by atoms with Crippen LogP contribution < -0.4 is 10.5 Å². The number of ether oxygens (including phenoxy) is 1. The van der Waals surface area contributed by atoms with Crippen molar-refractivity contribution in [3.05, 3.63) is 40.4 Å². The van der Waals surface area contributed by atoms with Crippen molar-refractivity contribution in [2.75, 3.05) is 31.2 Å². The van der Waals surface area contributed by atoms with Gasteiger partial charge in [0.05, 0.1) is 13.2 Å². The van der Waals surface area contributed by atoms with Gasteiger partial charge in [0.2, 0.25) is 0 Å². The molecule has 1 N–H and O–H groups in total. The van der Waals surface area contributed by atoms with Gasteiger partial charge in [0.15, 0.2) is 0 Å². The Balaban J connectivity index is 1.79. The van der Waals surface area contributed by atoms with Crippen LogP contribution in [0.15, 0.2) is 29.2 Å². The van der Waals surface area contributed by atoms with Crippen molar-refractivity contribution in [2.24, 2.45) is 5.92 Å². The normalized spacial score (nSPS) is 15.0. The van der Waals surface area contributed by atoms with Gasteiger partial charge in [-0.2, -0.15) is 0 Å². The first-order valence-corrected chi connectivity index (χ1v) is 8.51. The summed E-state index contributed by atoms with van der Waals surface area (Å²) in [4.78, 5) is 26.0. The summed E-state index contributed by atoms with van der Waals surface area (Å²) in [5.41, 5.74) is 1.55. The molecular weight excluding hydrogens is 304 g/mol. The average molecular weight is 328 g/mol. The minimum atomic E-state index is -0.115. The van der Waals surface area contributed by atoms with Crippen LogP contribution in [-0.2, 0) is 11.2 Å². The fourth-order valence-corrected chi connectivity index (χ4v) is 2.71. The first kappa shape index (κ1) is 16.6. The molecule has 0 atom stereocenters. The van der Waals surface area contributed by atoms with Gasteiger partial charge in [-0.05, 0) is 30.9 Å². The third-order valence-corrected chi connectivity index (χ3v) is 4.13. The molecule has 2 aromatic rings. The molecule has 0 radical (unpaired) electrons. The second-order valence-electron chi connectivity index (χ2n) is 6.52. The van der Waals surface area contributed by atoms with Crippen molar-refractivity contribution in [1.82, 2.24) is 15.0 Å². The molecule has 6 nitrogen and oxygen atoms in total. The Bertz CT molecular complexity index is 719. The molecule has 0 aliphatic carbocycles. The van der Waals surface area contributed by atoms with Gasteiger partial charge in [0.25, 0.3) is 5.56 Å². The zero-order valence-corrected chi connectivity index (χ0v) is 14.3. The maximum atomic E-state index is 11.9. The van der Waals surface area contributed by atoms with E-state index >= 15 is 0 Å². The van der Waals surface area contributed by atoms with Gasteiger partial charge in [-0.15, -0.1) is 0 Å². The van der Waals surface area contributed by atoms with Crippen LogP contribution >= 0.6 is 0 Å². The van der Waals surface area contributed by atoms with Crippen LogP contribution in [0.1, 0.15) is 26.0 Å². The van der Waals surface area contributed by atoms with Crippen LogP contribution in [0, 0.1) is 5.92 Å². The van der Waals surface area contributed by atoms with Crippen LogP contribution in [0.4, 0.5) is 5.82 Å². The number of H-pyrrole nitrogens is 1. The summed E-state index contributed by atoms with van der Waals surface area (Å²) in [6, 6.07) is 5.52. The molecule has 2 aromatic heterocycles. The third kappa shape index (κ3) is 4.20. The Labute approximate surface area is 141 Å². The molecule has 1 aliphatic rings. The number of nitrogens with one attached hydrogen (secondary N) is 1. The van der Waals surface area contributed by atoms with Gasteiger partial charge in [-0.1, -0.05) is 13.8 Å². The number of morpholine rings is 1. The monoisotopic (exact) mass is 328 g/mol. The summed E-state index contributed by atoms with van der Waals surface area (Å²) in [5.74, 6) is 2.10. The van der Waals surface area contributed by atoms with Gasteiger partial charge in [0, 0.05) is 36.6 Å². The topological polar surface area (TPSA) is 71.1 Å². The molecule has 0 spiro atoms. The van der Waals surface area contributed by atoms with E-state index in [1.54, 1.807) is 12.3 Å². The maximum absolute atomic E-state index is 11.9. The first-order chi connectivity index (χ1) is 11.6. The second-order valence-corrected chi connectivity index (χ2v) is 6.52. The zero-order chi connectivity index (χ0) is 16.9. The molecule has 128 valence electrons. The van der Waals surface area contributed by atoms with E-state index in [1.807, 2.05) is 12.1 Å². The minimum Gasteiger partial charge on any atom is -0.378 e. The summed E-state index contributed by atoms with van der Waals surface area (Å²) in [6.45, 7) is 7.51. The largest absolute Gasteiger partial charge is 0.378 e. The number of anilines is 1. The van der Waals surface area contributed by atoms with E-state index in [1.165, 1.54) is 0 Å². The highest BCUT2D eigenvalue weighted by Crippen LogP contribution is 2.18. The van der Waals surface area contributed by atoms with E-state index in [0.717, 1.165) is 56.2 Å². The zero-order valence-electron chi connectivity index (χ0n) is 14.3. The molecule has 1 fully saturated rings. The molecule has 1 saturated heterocycles. The number of pyridine rings is 1. The Morgan fingerprint density at radius 1 is 1.29 bits per heavy atom. The number of hydrogen-bond acceptors (Lipinski definition) is 5. The van der Waals surface area contributed by atoms with Gasteiger partial charge < -0.3 is 14.6 Å². The van der Waals surface area contributed by atoms with E-state index in [0.29, 0.717) is 11.7 Å². The van der Waals surface area contributed by atoms with Crippen LogP contribution in [0.25, 0.3) is 11.4 Å². The number of nitrogens with zero attached hydrogens (tertiary/aromatic N) is 3. The molecule has 6 heteroatoms. The van der Waals surface area contributed by atoms with Crippen molar-refractivity contribution < 1.29 is 4.74 Å². The second kappa shape index (κ2) is 7.57. The van der Waals surface area contributed by atoms with Crippen LogP contribution in [0.3, 0.4) is 0 Å². The Kier molecular flexibility index (Phi) is 5.25. The summed E-state index contributed by atoms with van der Waals surface area (Å²) < 4.78 is 5.36. The van der Waals surface area contributed by atoms with E-state index in [4.69, 9.17) is 4.74 Å². The molecular formula is C18H24N4O2. The number of hydrogen-bond donors (Lipinski definition) is 1.